The molecule has 2 fully saturated rings. The van der Waals surface area contributed by atoms with Gasteiger partial charge >= 0.3 is 15.6 Å². The molecule has 1 saturated carbocycles. The Labute approximate surface area is 173 Å². The number of halogens is 3. The molecule has 2 heterocycles. The van der Waals surface area contributed by atoms with Crippen molar-refractivity contribution in [2.24, 2.45) is 0 Å². The van der Waals surface area contributed by atoms with Gasteiger partial charge in [0.05, 0.1) is 17.4 Å². The third kappa shape index (κ3) is 4.49. The number of hydrogen-bond donors (Lipinski definition) is 0. The fourth-order valence-electron chi connectivity index (χ4n) is 4.29. The topological polar surface area (TPSA) is 62.7 Å². The summed E-state index contributed by atoms with van der Waals surface area (Å²) in [6.45, 7) is 3.63. The van der Waals surface area contributed by atoms with Gasteiger partial charge in [-0.1, -0.05) is 19.3 Å². The number of benzene rings is 1. The summed E-state index contributed by atoms with van der Waals surface area (Å²) >= 11 is 0. The number of piperazine rings is 1. The Balaban J connectivity index is 1.48. The first-order valence-corrected chi connectivity index (χ1v) is 11.5. The molecular formula is C20H24F3N3O3S. The lowest BCUT2D eigenvalue weighted by Crippen LogP contribution is -2.50. The second-order valence-electron chi connectivity index (χ2n) is 7.85. The van der Waals surface area contributed by atoms with Gasteiger partial charge in [0.2, 0.25) is 0 Å². The first-order valence-electron chi connectivity index (χ1n) is 10.1. The van der Waals surface area contributed by atoms with Crippen molar-refractivity contribution in [2.45, 2.75) is 43.7 Å². The van der Waals surface area contributed by atoms with Gasteiger partial charge < -0.3 is 9.08 Å². The summed E-state index contributed by atoms with van der Waals surface area (Å²) in [5.74, 6) is -0.388. The largest absolute Gasteiger partial charge is 0.534 e. The molecule has 1 saturated heterocycles. The maximum Gasteiger partial charge on any atom is 0.534 e. The van der Waals surface area contributed by atoms with Crippen LogP contribution in [-0.4, -0.2) is 56.0 Å². The van der Waals surface area contributed by atoms with Gasteiger partial charge in [0, 0.05) is 37.6 Å². The minimum absolute atomic E-state index is 0.388. The van der Waals surface area contributed by atoms with Crippen LogP contribution >= 0.6 is 0 Å². The van der Waals surface area contributed by atoms with Crippen molar-refractivity contribution in [2.75, 3.05) is 31.1 Å². The van der Waals surface area contributed by atoms with Gasteiger partial charge in [0.25, 0.3) is 0 Å². The average molecular weight is 443 g/mol. The number of rotatable bonds is 4. The zero-order chi connectivity index (χ0) is 21.4. The van der Waals surface area contributed by atoms with Gasteiger partial charge in [0.1, 0.15) is 5.75 Å². The molecule has 1 aliphatic carbocycles. The molecule has 0 amide bonds. The Bertz CT molecular complexity index is 999. The van der Waals surface area contributed by atoms with E-state index in [0.29, 0.717) is 16.9 Å². The molecule has 4 rings (SSSR count). The highest BCUT2D eigenvalue weighted by molar-refractivity contribution is 7.88. The third-order valence-electron chi connectivity index (χ3n) is 5.90. The maximum absolute atomic E-state index is 12.6. The molecule has 6 nitrogen and oxygen atoms in total. The summed E-state index contributed by atoms with van der Waals surface area (Å²) in [6.07, 6.45) is 8.20. The molecule has 0 bridgehead atoms. The van der Waals surface area contributed by atoms with Crippen molar-refractivity contribution in [1.29, 1.82) is 0 Å². The number of pyridine rings is 1. The van der Waals surface area contributed by atoms with E-state index in [1.54, 1.807) is 6.20 Å². The summed E-state index contributed by atoms with van der Waals surface area (Å²) in [5, 5.41) is 0.525. The number of aromatic nitrogens is 1. The SMILES string of the molecule is O=S(=O)(Oc1ccc2ncc(N3CCN(C4CCCCC4)CC3)cc2c1)C(F)(F)F. The predicted octanol–water partition coefficient (Wildman–Crippen LogP) is 3.92. The van der Waals surface area contributed by atoms with Gasteiger partial charge in [-0.25, -0.2) is 0 Å². The summed E-state index contributed by atoms with van der Waals surface area (Å²) in [4.78, 5) is 9.12. The van der Waals surface area contributed by atoms with E-state index in [1.165, 1.54) is 50.3 Å². The fourth-order valence-corrected chi connectivity index (χ4v) is 4.74. The van der Waals surface area contributed by atoms with Crippen molar-refractivity contribution >= 4 is 26.7 Å². The van der Waals surface area contributed by atoms with E-state index in [4.69, 9.17) is 0 Å². The molecular weight excluding hydrogens is 419 g/mol. The summed E-state index contributed by atoms with van der Waals surface area (Å²) in [7, 11) is -5.70. The highest BCUT2D eigenvalue weighted by atomic mass is 32.2. The zero-order valence-corrected chi connectivity index (χ0v) is 17.3. The minimum Gasteiger partial charge on any atom is -0.376 e. The summed E-state index contributed by atoms with van der Waals surface area (Å²) < 4.78 is 64.5. The smallest absolute Gasteiger partial charge is 0.376 e. The van der Waals surface area contributed by atoms with Crippen LogP contribution in [0, 0.1) is 0 Å². The molecule has 0 N–H and O–H groups in total. The Kier molecular flexibility index (Phi) is 5.80. The zero-order valence-electron chi connectivity index (χ0n) is 16.4. The van der Waals surface area contributed by atoms with Crippen LogP contribution in [0.1, 0.15) is 32.1 Å². The van der Waals surface area contributed by atoms with Crippen LogP contribution in [0.4, 0.5) is 18.9 Å². The number of alkyl halides is 3. The first-order chi connectivity index (χ1) is 14.2. The van der Waals surface area contributed by atoms with Gasteiger partial charge in [-0.05, 0) is 37.1 Å². The molecule has 2 aromatic rings. The lowest BCUT2D eigenvalue weighted by Gasteiger charge is -2.41. The van der Waals surface area contributed by atoms with Crippen LogP contribution in [0.15, 0.2) is 30.5 Å². The number of nitrogens with zero attached hydrogens (tertiary/aromatic N) is 3. The van der Waals surface area contributed by atoms with E-state index < -0.39 is 15.6 Å². The highest BCUT2D eigenvalue weighted by Gasteiger charge is 2.48. The van der Waals surface area contributed by atoms with Gasteiger partial charge in [-0.2, -0.15) is 21.6 Å². The fraction of sp³-hybridized carbons (Fsp3) is 0.550. The van der Waals surface area contributed by atoms with Crippen molar-refractivity contribution in [3.05, 3.63) is 30.5 Å². The van der Waals surface area contributed by atoms with Crippen LogP contribution in [0.3, 0.4) is 0 Å². The molecule has 0 spiro atoms. The van der Waals surface area contributed by atoms with Crippen LogP contribution in [-0.2, 0) is 10.1 Å². The molecule has 0 radical (unpaired) electrons. The van der Waals surface area contributed by atoms with E-state index in [2.05, 4.69) is 19.0 Å². The lowest BCUT2D eigenvalue weighted by molar-refractivity contribution is -0.0500. The normalized spacial score (nSPS) is 19.9. The highest BCUT2D eigenvalue weighted by Crippen LogP contribution is 2.30. The Hall–Kier alpha value is -2.07. The molecule has 164 valence electrons. The van der Waals surface area contributed by atoms with Crippen molar-refractivity contribution < 1.29 is 25.8 Å². The second kappa shape index (κ2) is 8.22. The van der Waals surface area contributed by atoms with E-state index in [9.17, 15) is 21.6 Å². The summed E-state index contributed by atoms with van der Waals surface area (Å²) in [5.41, 5.74) is -4.06. The second-order valence-corrected chi connectivity index (χ2v) is 9.38. The number of hydrogen-bond acceptors (Lipinski definition) is 6. The number of fused-ring (bicyclic) bond motifs is 1. The van der Waals surface area contributed by atoms with Crippen molar-refractivity contribution in [3.63, 3.8) is 0 Å². The standard InChI is InChI=1S/C20H24F3N3O3S/c21-20(22,23)30(27,28)29-18-6-7-19-15(13-18)12-17(14-24-19)26-10-8-25(9-11-26)16-4-2-1-3-5-16/h6-7,12-14,16H,1-5,8-11H2. The molecule has 0 atom stereocenters. The maximum atomic E-state index is 12.6. The van der Waals surface area contributed by atoms with E-state index in [1.807, 2.05) is 6.07 Å². The van der Waals surface area contributed by atoms with Crippen LogP contribution in [0.5, 0.6) is 5.75 Å². The first kappa shape index (κ1) is 21.2. The van der Waals surface area contributed by atoms with E-state index in [-0.39, 0.29) is 5.75 Å². The Morgan fingerprint density at radius 2 is 1.70 bits per heavy atom. The Morgan fingerprint density at radius 3 is 2.37 bits per heavy atom. The molecule has 30 heavy (non-hydrogen) atoms. The van der Waals surface area contributed by atoms with Gasteiger partial charge in [-0.15, -0.1) is 0 Å². The van der Waals surface area contributed by atoms with E-state index >= 15 is 0 Å². The van der Waals surface area contributed by atoms with Gasteiger partial charge in [0.15, 0.2) is 0 Å². The van der Waals surface area contributed by atoms with Crippen LogP contribution < -0.4 is 9.08 Å². The molecule has 2 aliphatic rings. The van der Waals surface area contributed by atoms with Crippen LogP contribution in [0.25, 0.3) is 10.9 Å². The van der Waals surface area contributed by atoms with Gasteiger partial charge in [-0.3, -0.25) is 9.88 Å². The molecule has 1 aliphatic heterocycles. The molecule has 1 aromatic heterocycles. The quantitative estimate of drug-likeness (QED) is 0.527. The predicted molar refractivity (Wildman–Crippen MR) is 108 cm³/mol. The number of anilines is 1. The molecule has 10 heteroatoms. The van der Waals surface area contributed by atoms with Crippen molar-refractivity contribution in [3.8, 4) is 5.75 Å². The average Bonchev–Trinajstić information content (AvgIpc) is 2.73. The van der Waals surface area contributed by atoms with Crippen LogP contribution in [0.2, 0.25) is 0 Å². The van der Waals surface area contributed by atoms with Crippen molar-refractivity contribution in [1.82, 2.24) is 9.88 Å². The molecule has 1 aromatic carbocycles. The Morgan fingerprint density at radius 1 is 1.00 bits per heavy atom. The third-order valence-corrected chi connectivity index (χ3v) is 6.88. The monoisotopic (exact) mass is 443 g/mol. The van der Waals surface area contributed by atoms with E-state index in [0.717, 1.165) is 31.9 Å². The molecule has 0 unspecified atom stereocenters. The minimum atomic E-state index is -5.70. The lowest BCUT2D eigenvalue weighted by atomic mass is 9.94. The summed E-state index contributed by atoms with van der Waals surface area (Å²) in [6, 6.07) is 6.37.